The Kier molecular flexibility index (Phi) is 8.47. The number of thiazole rings is 1. The fraction of sp³-hybridized carbons (Fsp3) is 0.429. The van der Waals surface area contributed by atoms with Crippen molar-refractivity contribution in [2.24, 2.45) is 0 Å². The number of hydrogen-bond donors (Lipinski definition) is 1. The summed E-state index contributed by atoms with van der Waals surface area (Å²) < 4.78 is 5.26. The lowest BCUT2D eigenvalue weighted by molar-refractivity contribution is -0.134. The molecular weight excluding hydrogens is 475 g/mol. The number of amides is 3. The van der Waals surface area contributed by atoms with Gasteiger partial charge in [-0.2, -0.15) is 0 Å². The molecule has 8 nitrogen and oxygen atoms in total. The molecule has 0 saturated carbocycles. The SMILES string of the molecule is CC(C)N(CC(=O)Nc1nc(CC(=O)N2CCOCC2)cs1)C(=O)c1ccc(Cl)cc1Cl. The Morgan fingerprint density at radius 2 is 1.97 bits per heavy atom. The standard InChI is InChI=1S/C21H24Cl2N4O4S/c1-13(2)27(20(30)16-4-3-14(22)9-17(16)23)11-18(28)25-21-24-15(12-32-21)10-19(29)26-5-7-31-8-6-26/h3-4,9,12-13H,5-8,10-11H2,1-2H3,(H,24,25,28). The van der Waals surface area contributed by atoms with Crippen LogP contribution in [0.25, 0.3) is 0 Å². The van der Waals surface area contributed by atoms with Crippen LogP contribution in [-0.2, 0) is 20.7 Å². The van der Waals surface area contributed by atoms with E-state index < -0.39 is 5.91 Å². The summed E-state index contributed by atoms with van der Waals surface area (Å²) in [6.45, 7) is 5.68. The summed E-state index contributed by atoms with van der Waals surface area (Å²) in [6.07, 6.45) is 0.165. The van der Waals surface area contributed by atoms with Crippen LogP contribution in [0.4, 0.5) is 5.13 Å². The van der Waals surface area contributed by atoms with Crippen molar-refractivity contribution in [3.8, 4) is 0 Å². The van der Waals surface area contributed by atoms with Gasteiger partial charge in [-0.1, -0.05) is 23.2 Å². The number of rotatable bonds is 7. The maximum absolute atomic E-state index is 12.9. The molecule has 1 aliphatic rings. The number of benzene rings is 1. The topological polar surface area (TPSA) is 91.8 Å². The van der Waals surface area contributed by atoms with E-state index in [1.807, 2.05) is 13.8 Å². The lowest BCUT2D eigenvalue weighted by Crippen LogP contribution is -2.42. The normalized spacial score (nSPS) is 13.8. The molecule has 0 aliphatic carbocycles. The molecule has 2 aromatic rings. The lowest BCUT2D eigenvalue weighted by atomic mass is 10.1. The van der Waals surface area contributed by atoms with Gasteiger partial charge in [-0.3, -0.25) is 14.4 Å². The lowest BCUT2D eigenvalue weighted by Gasteiger charge is -2.26. The summed E-state index contributed by atoms with van der Waals surface area (Å²) in [5, 5.41) is 5.47. The van der Waals surface area contributed by atoms with Crippen molar-refractivity contribution in [1.82, 2.24) is 14.8 Å². The number of halogens is 2. The van der Waals surface area contributed by atoms with E-state index in [-0.39, 0.29) is 41.4 Å². The highest BCUT2D eigenvalue weighted by Crippen LogP contribution is 2.23. The van der Waals surface area contributed by atoms with Crippen molar-refractivity contribution in [3.05, 3.63) is 44.9 Å². The Morgan fingerprint density at radius 1 is 1.25 bits per heavy atom. The van der Waals surface area contributed by atoms with E-state index in [4.69, 9.17) is 27.9 Å². The van der Waals surface area contributed by atoms with E-state index in [9.17, 15) is 14.4 Å². The molecule has 0 radical (unpaired) electrons. The minimum Gasteiger partial charge on any atom is -0.378 e. The van der Waals surface area contributed by atoms with E-state index in [2.05, 4.69) is 10.3 Å². The third-order valence-electron chi connectivity index (χ3n) is 4.85. The summed E-state index contributed by atoms with van der Waals surface area (Å²) >= 11 is 13.3. The smallest absolute Gasteiger partial charge is 0.256 e. The fourth-order valence-electron chi connectivity index (χ4n) is 3.15. The number of carbonyl (C=O) groups excluding carboxylic acids is 3. The van der Waals surface area contributed by atoms with E-state index >= 15 is 0 Å². The molecule has 0 atom stereocenters. The monoisotopic (exact) mass is 498 g/mol. The first kappa shape index (κ1) is 24.4. The molecule has 0 spiro atoms. The number of ether oxygens (including phenoxy) is 1. The molecule has 1 aromatic carbocycles. The highest BCUT2D eigenvalue weighted by atomic mass is 35.5. The quantitative estimate of drug-likeness (QED) is 0.631. The summed E-state index contributed by atoms with van der Waals surface area (Å²) in [4.78, 5) is 45.4. The second-order valence-electron chi connectivity index (χ2n) is 7.51. The zero-order chi connectivity index (χ0) is 23.3. The molecular formula is C21H24Cl2N4O4S. The molecule has 1 N–H and O–H groups in total. The molecule has 3 rings (SSSR count). The summed E-state index contributed by atoms with van der Waals surface area (Å²) in [7, 11) is 0. The number of carbonyl (C=O) groups is 3. The Balaban J connectivity index is 1.59. The van der Waals surface area contributed by atoms with E-state index in [0.29, 0.717) is 42.2 Å². The summed E-state index contributed by atoms with van der Waals surface area (Å²) in [5.74, 6) is -0.779. The molecule has 1 saturated heterocycles. The van der Waals surface area contributed by atoms with Gasteiger partial charge in [-0.25, -0.2) is 4.98 Å². The molecule has 0 bridgehead atoms. The van der Waals surface area contributed by atoms with E-state index in [1.54, 1.807) is 22.4 Å². The Labute approximate surface area is 200 Å². The van der Waals surface area contributed by atoms with Crippen LogP contribution in [0.2, 0.25) is 10.0 Å². The van der Waals surface area contributed by atoms with Gasteiger partial charge in [0.1, 0.15) is 6.54 Å². The number of nitrogens with one attached hydrogen (secondary N) is 1. The Hall–Kier alpha value is -2.20. The zero-order valence-electron chi connectivity index (χ0n) is 17.8. The largest absolute Gasteiger partial charge is 0.378 e. The number of morpholine rings is 1. The number of nitrogens with zero attached hydrogens (tertiary/aromatic N) is 3. The van der Waals surface area contributed by atoms with Crippen molar-refractivity contribution in [2.45, 2.75) is 26.3 Å². The third-order valence-corrected chi connectivity index (χ3v) is 6.21. The van der Waals surface area contributed by atoms with Crippen LogP contribution < -0.4 is 5.32 Å². The van der Waals surface area contributed by atoms with Crippen molar-refractivity contribution in [1.29, 1.82) is 0 Å². The van der Waals surface area contributed by atoms with Gasteiger partial charge in [0, 0.05) is 29.5 Å². The van der Waals surface area contributed by atoms with Gasteiger partial charge in [0.15, 0.2) is 5.13 Å². The zero-order valence-corrected chi connectivity index (χ0v) is 20.1. The second-order valence-corrected chi connectivity index (χ2v) is 9.21. The summed E-state index contributed by atoms with van der Waals surface area (Å²) in [6, 6.07) is 4.37. The third kappa shape index (κ3) is 6.41. The molecule has 1 aliphatic heterocycles. The van der Waals surface area contributed by atoms with Gasteiger partial charge in [-0.05, 0) is 32.0 Å². The van der Waals surface area contributed by atoms with E-state index in [1.165, 1.54) is 22.3 Å². The number of hydrogen-bond acceptors (Lipinski definition) is 6. The summed E-state index contributed by atoms with van der Waals surface area (Å²) in [5.41, 5.74) is 0.863. The molecule has 0 unspecified atom stereocenters. The van der Waals surface area contributed by atoms with Crippen LogP contribution >= 0.6 is 34.5 Å². The maximum Gasteiger partial charge on any atom is 0.256 e. The van der Waals surface area contributed by atoms with Gasteiger partial charge in [-0.15, -0.1) is 11.3 Å². The van der Waals surface area contributed by atoms with Crippen LogP contribution in [0.5, 0.6) is 0 Å². The van der Waals surface area contributed by atoms with Gasteiger partial charge in [0.25, 0.3) is 5.91 Å². The van der Waals surface area contributed by atoms with Gasteiger partial charge in [0.2, 0.25) is 11.8 Å². The first-order chi connectivity index (χ1) is 15.2. The van der Waals surface area contributed by atoms with Crippen molar-refractivity contribution >= 4 is 57.4 Å². The van der Waals surface area contributed by atoms with Crippen LogP contribution in [0.1, 0.15) is 29.9 Å². The first-order valence-electron chi connectivity index (χ1n) is 10.1. The highest BCUT2D eigenvalue weighted by Gasteiger charge is 2.24. The molecule has 3 amide bonds. The highest BCUT2D eigenvalue weighted by molar-refractivity contribution is 7.13. The molecule has 1 fully saturated rings. The van der Waals surface area contributed by atoms with Crippen molar-refractivity contribution < 1.29 is 19.1 Å². The minimum atomic E-state index is -0.391. The van der Waals surface area contributed by atoms with Crippen LogP contribution in [-0.4, -0.2) is 71.4 Å². The number of anilines is 1. The molecule has 2 heterocycles. The first-order valence-corrected chi connectivity index (χ1v) is 11.7. The Bertz CT molecular complexity index is 992. The minimum absolute atomic E-state index is 0.0205. The van der Waals surface area contributed by atoms with Gasteiger partial charge >= 0.3 is 0 Å². The van der Waals surface area contributed by atoms with Crippen molar-refractivity contribution in [2.75, 3.05) is 38.2 Å². The average Bonchev–Trinajstić information content (AvgIpc) is 3.18. The van der Waals surface area contributed by atoms with Gasteiger partial charge < -0.3 is 19.9 Å². The van der Waals surface area contributed by atoms with E-state index in [0.717, 1.165) is 0 Å². The molecule has 32 heavy (non-hydrogen) atoms. The predicted octanol–water partition coefficient (Wildman–Crippen LogP) is 3.34. The molecule has 172 valence electrons. The molecule has 11 heteroatoms. The van der Waals surface area contributed by atoms with Crippen LogP contribution in [0, 0.1) is 0 Å². The van der Waals surface area contributed by atoms with Gasteiger partial charge in [0.05, 0.1) is 35.9 Å². The van der Waals surface area contributed by atoms with Crippen LogP contribution in [0.15, 0.2) is 23.6 Å². The van der Waals surface area contributed by atoms with Crippen LogP contribution in [0.3, 0.4) is 0 Å². The Morgan fingerprint density at radius 3 is 2.62 bits per heavy atom. The molecule has 1 aromatic heterocycles. The predicted molar refractivity (Wildman–Crippen MR) is 124 cm³/mol. The van der Waals surface area contributed by atoms with Crippen molar-refractivity contribution in [3.63, 3.8) is 0 Å². The average molecular weight is 499 g/mol. The second kappa shape index (κ2) is 11.1. The maximum atomic E-state index is 12.9. The number of aromatic nitrogens is 1. The fourth-order valence-corrected chi connectivity index (χ4v) is 4.36.